The Balaban J connectivity index is 1.84. The Labute approximate surface area is 136 Å². The summed E-state index contributed by atoms with van der Waals surface area (Å²) in [5.74, 6) is 0. The zero-order chi connectivity index (χ0) is 15.2. The van der Waals surface area contributed by atoms with Gasteiger partial charge in [-0.05, 0) is 12.1 Å². The molecule has 0 amide bonds. The van der Waals surface area contributed by atoms with E-state index in [0.717, 1.165) is 22.2 Å². The topological polar surface area (TPSA) is 38.7 Å². The molecule has 4 heteroatoms. The van der Waals surface area contributed by atoms with Crippen molar-refractivity contribution in [2.24, 2.45) is 0 Å². The lowest BCUT2D eigenvalue weighted by Crippen LogP contribution is -1.91. The summed E-state index contributed by atoms with van der Waals surface area (Å²) in [7, 11) is 0. The third-order valence-electron chi connectivity index (χ3n) is 4.08. The average Bonchev–Trinajstić information content (AvgIpc) is 2.99. The molecule has 0 unspecified atom stereocenters. The van der Waals surface area contributed by atoms with Gasteiger partial charge in [-0.3, -0.25) is 4.98 Å². The number of rotatable bonds is 1. The van der Waals surface area contributed by atoms with Crippen LogP contribution in [-0.4, -0.2) is 15.2 Å². The summed E-state index contributed by atoms with van der Waals surface area (Å²) < 4.78 is 2.48. The van der Waals surface area contributed by atoms with Crippen molar-refractivity contribution in [1.29, 1.82) is 0 Å². The maximum Gasteiger partial charge on any atom is 0.119 e. The molecular formula is C19H11N3S. The molecule has 0 aliphatic rings. The number of nitrogens with zero attached hydrogens (tertiary/aromatic N) is 3. The van der Waals surface area contributed by atoms with E-state index in [4.69, 9.17) is 0 Å². The molecule has 0 fully saturated rings. The number of thiophene rings is 1. The molecule has 0 aliphatic heterocycles. The van der Waals surface area contributed by atoms with E-state index in [1.807, 2.05) is 24.4 Å². The highest BCUT2D eigenvalue weighted by Gasteiger charge is 2.11. The van der Waals surface area contributed by atoms with Crippen molar-refractivity contribution in [1.82, 2.24) is 15.2 Å². The van der Waals surface area contributed by atoms with E-state index >= 15 is 0 Å². The standard InChI is InChI=1S/C19H11N3S/c1-2-6-13-12(5-1)10-21-22-19(13)16-9-15-14-7-3-4-8-17(14)23-18(15)11-20-16/h1-11H. The lowest BCUT2D eigenvalue weighted by atomic mass is 10.1. The maximum atomic E-state index is 4.63. The molecule has 5 aromatic rings. The molecule has 108 valence electrons. The largest absolute Gasteiger partial charge is 0.253 e. The quantitative estimate of drug-likeness (QED) is 0.434. The van der Waals surface area contributed by atoms with Crippen LogP contribution in [0.2, 0.25) is 0 Å². The van der Waals surface area contributed by atoms with E-state index in [1.54, 1.807) is 17.5 Å². The first-order valence-electron chi connectivity index (χ1n) is 7.38. The molecule has 0 spiro atoms. The Hall–Kier alpha value is -2.85. The normalized spacial score (nSPS) is 11.5. The van der Waals surface area contributed by atoms with Crippen LogP contribution in [0.1, 0.15) is 0 Å². The van der Waals surface area contributed by atoms with Gasteiger partial charge in [-0.2, -0.15) is 5.10 Å². The fraction of sp³-hybridized carbons (Fsp3) is 0. The van der Waals surface area contributed by atoms with Crippen LogP contribution in [0.25, 0.3) is 42.3 Å². The summed E-state index contributed by atoms with van der Waals surface area (Å²) >= 11 is 1.77. The van der Waals surface area contributed by atoms with Crippen LogP contribution in [-0.2, 0) is 0 Å². The number of hydrogen-bond acceptors (Lipinski definition) is 4. The fourth-order valence-corrected chi connectivity index (χ4v) is 4.03. The van der Waals surface area contributed by atoms with Gasteiger partial charge in [0.25, 0.3) is 0 Å². The summed E-state index contributed by atoms with van der Waals surface area (Å²) in [4.78, 5) is 4.63. The Morgan fingerprint density at radius 2 is 1.57 bits per heavy atom. The second-order valence-electron chi connectivity index (χ2n) is 5.44. The van der Waals surface area contributed by atoms with Crippen LogP contribution in [0.15, 0.2) is 67.0 Å². The van der Waals surface area contributed by atoms with Gasteiger partial charge in [0.15, 0.2) is 0 Å². The third-order valence-corrected chi connectivity index (χ3v) is 5.20. The van der Waals surface area contributed by atoms with Crippen LogP contribution >= 0.6 is 11.3 Å². The van der Waals surface area contributed by atoms with Crippen LogP contribution in [0.3, 0.4) is 0 Å². The monoisotopic (exact) mass is 313 g/mol. The van der Waals surface area contributed by atoms with Gasteiger partial charge in [-0.15, -0.1) is 16.4 Å². The number of fused-ring (bicyclic) bond motifs is 4. The van der Waals surface area contributed by atoms with Gasteiger partial charge in [-0.1, -0.05) is 42.5 Å². The molecule has 23 heavy (non-hydrogen) atoms. The highest BCUT2D eigenvalue weighted by atomic mass is 32.1. The average molecular weight is 313 g/mol. The lowest BCUT2D eigenvalue weighted by Gasteiger charge is -2.04. The van der Waals surface area contributed by atoms with Crippen LogP contribution in [0, 0.1) is 0 Å². The van der Waals surface area contributed by atoms with Crippen molar-refractivity contribution in [3.05, 3.63) is 67.0 Å². The molecule has 2 aromatic carbocycles. The molecule has 3 aromatic heterocycles. The van der Waals surface area contributed by atoms with E-state index in [2.05, 4.69) is 51.6 Å². The summed E-state index contributed by atoms with van der Waals surface area (Å²) in [6.45, 7) is 0. The van der Waals surface area contributed by atoms with Crippen molar-refractivity contribution >= 4 is 42.3 Å². The molecule has 0 bridgehead atoms. The van der Waals surface area contributed by atoms with E-state index in [0.29, 0.717) is 0 Å². The van der Waals surface area contributed by atoms with Crippen molar-refractivity contribution in [3.8, 4) is 11.4 Å². The van der Waals surface area contributed by atoms with Gasteiger partial charge in [0.05, 0.1) is 16.6 Å². The number of aromatic nitrogens is 3. The van der Waals surface area contributed by atoms with Crippen molar-refractivity contribution in [3.63, 3.8) is 0 Å². The fourth-order valence-electron chi connectivity index (χ4n) is 2.98. The van der Waals surface area contributed by atoms with Crippen LogP contribution in [0.5, 0.6) is 0 Å². The summed E-state index contributed by atoms with van der Waals surface area (Å²) in [6, 6.07) is 18.7. The van der Waals surface area contributed by atoms with Gasteiger partial charge in [0, 0.05) is 32.4 Å². The zero-order valence-electron chi connectivity index (χ0n) is 12.1. The Kier molecular flexibility index (Phi) is 2.66. The molecule has 0 saturated heterocycles. The minimum absolute atomic E-state index is 0.834. The minimum Gasteiger partial charge on any atom is -0.253 e. The zero-order valence-corrected chi connectivity index (χ0v) is 12.9. The first-order valence-corrected chi connectivity index (χ1v) is 8.20. The number of hydrogen-bond donors (Lipinski definition) is 0. The first-order chi connectivity index (χ1) is 11.4. The molecule has 5 rings (SSSR count). The smallest absolute Gasteiger partial charge is 0.119 e. The van der Waals surface area contributed by atoms with Crippen molar-refractivity contribution in [2.75, 3.05) is 0 Å². The van der Waals surface area contributed by atoms with Gasteiger partial charge >= 0.3 is 0 Å². The Bertz CT molecular complexity index is 1170. The Morgan fingerprint density at radius 1 is 0.739 bits per heavy atom. The molecule has 0 aliphatic carbocycles. The summed E-state index contributed by atoms with van der Waals surface area (Å²) in [5, 5.41) is 13.1. The summed E-state index contributed by atoms with van der Waals surface area (Å²) in [6.07, 6.45) is 3.73. The third kappa shape index (κ3) is 1.92. The van der Waals surface area contributed by atoms with Crippen LogP contribution < -0.4 is 0 Å². The Morgan fingerprint density at radius 3 is 2.52 bits per heavy atom. The van der Waals surface area contributed by atoms with Crippen LogP contribution in [0.4, 0.5) is 0 Å². The van der Waals surface area contributed by atoms with E-state index in [1.165, 1.54) is 20.2 Å². The molecule has 0 saturated carbocycles. The molecular weight excluding hydrogens is 302 g/mol. The van der Waals surface area contributed by atoms with Crippen molar-refractivity contribution < 1.29 is 0 Å². The van der Waals surface area contributed by atoms with Gasteiger partial charge in [0.2, 0.25) is 0 Å². The predicted molar refractivity (Wildman–Crippen MR) is 95.7 cm³/mol. The molecule has 0 N–H and O–H groups in total. The molecule has 3 heterocycles. The number of benzene rings is 2. The van der Waals surface area contributed by atoms with Gasteiger partial charge < -0.3 is 0 Å². The summed E-state index contributed by atoms with van der Waals surface area (Å²) in [5.41, 5.74) is 1.70. The van der Waals surface area contributed by atoms with E-state index < -0.39 is 0 Å². The highest BCUT2D eigenvalue weighted by molar-refractivity contribution is 7.25. The van der Waals surface area contributed by atoms with Crippen molar-refractivity contribution in [2.45, 2.75) is 0 Å². The first kappa shape index (κ1) is 12.7. The van der Waals surface area contributed by atoms with Gasteiger partial charge in [-0.25, -0.2) is 0 Å². The maximum absolute atomic E-state index is 4.63. The minimum atomic E-state index is 0.834. The van der Waals surface area contributed by atoms with Gasteiger partial charge in [0.1, 0.15) is 5.69 Å². The van der Waals surface area contributed by atoms with E-state index in [9.17, 15) is 0 Å². The second kappa shape index (κ2) is 4.83. The molecule has 0 radical (unpaired) electrons. The predicted octanol–water partition coefficient (Wildman–Crippen LogP) is 5.06. The SMILES string of the molecule is c1ccc2c(-c3cc4c(cn3)sc3ccccc34)nncc2c1. The lowest BCUT2D eigenvalue weighted by molar-refractivity contribution is 1.05. The molecule has 3 nitrogen and oxygen atoms in total. The second-order valence-corrected chi connectivity index (χ2v) is 6.53. The number of pyridine rings is 1. The van der Waals surface area contributed by atoms with E-state index in [-0.39, 0.29) is 0 Å². The molecule has 0 atom stereocenters. The highest BCUT2D eigenvalue weighted by Crippen LogP contribution is 2.35.